The molecule has 1 saturated heterocycles. The van der Waals surface area contributed by atoms with E-state index in [1.54, 1.807) is 0 Å². The minimum atomic E-state index is 0.275. The van der Waals surface area contributed by atoms with E-state index in [2.05, 4.69) is 44.8 Å². The molecule has 0 amide bonds. The minimum absolute atomic E-state index is 0.275. The van der Waals surface area contributed by atoms with Gasteiger partial charge >= 0.3 is 0 Å². The van der Waals surface area contributed by atoms with Crippen LogP contribution in [0.4, 0.5) is 0 Å². The van der Waals surface area contributed by atoms with Gasteiger partial charge in [0.15, 0.2) is 0 Å². The average Bonchev–Trinajstić information content (AvgIpc) is 2.52. The number of piperazine rings is 1. The lowest BCUT2D eigenvalue weighted by Crippen LogP contribution is -2.65. The highest BCUT2D eigenvalue weighted by atomic mass is 15.3. The van der Waals surface area contributed by atoms with Crippen LogP contribution in [-0.2, 0) is 0 Å². The van der Waals surface area contributed by atoms with Crippen LogP contribution < -0.4 is 5.32 Å². The van der Waals surface area contributed by atoms with Gasteiger partial charge in [-0.1, -0.05) is 40.0 Å². The molecule has 1 saturated carbocycles. The first-order chi connectivity index (χ1) is 8.91. The van der Waals surface area contributed by atoms with Crippen LogP contribution in [0.2, 0.25) is 0 Å². The van der Waals surface area contributed by atoms with Crippen molar-refractivity contribution in [3.63, 3.8) is 0 Å². The minimum Gasteiger partial charge on any atom is -0.309 e. The van der Waals surface area contributed by atoms with Gasteiger partial charge in [-0.25, -0.2) is 0 Å². The smallest absolute Gasteiger partial charge is 0.0253 e. The van der Waals surface area contributed by atoms with Crippen molar-refractivity contribution in [3.05, 3.63) is 0 Å². The molecule has 0 radical (unpaired) electrons. The summed E-state index contributed by atoms with van der Waals surface area (Å²) >= 11 is 0. The molecule has 1 aliphatic heterocycles. The van der Waals surface area contributed by atoms with Crippen molar-refractivity contribution < 1.29 is 0 Å². The summed E-state index contributed by atoms with van der Waals surface area (Å²) in [5.74, 6) is 1.62. The fourth-order valence-electron chi connectivity index (χ4n) is 4.08. The molecule has 0 aromatic rings. The molecule has 1 N–H and O–H groups in total. The molecule has 19 heavy (non-hydrogen) atoms. The van der Waals surface area contributed by atoms with Crippen LogP contribution in [-0.4, -0.2) is 35.6 Å². The van der Waals surface area contributed by atoms with E-state index in [-0.39, 0.29) is 5.54 Å². The quantitative estimate of drug-likeness (QED) is 0.767. The summed E-state index contributed by atoms with van der Waals surface area (Å²) in [5, 5.41) is 3.75. The first-order valence-corrected chi connectivity index (χ1v) is 8.41. The lowest BCUT2D eigenvalue weighted by molar-refractivity contribution is 0.00934. The molecule has 1 heterocycles. The molecule has 0 bridgehead atoms. The standard InChI is InChI=1S/C17H34N2/c1-13(2)16-11-18-17(4,5)12-19(16)15-10-8-6-7-9-14(15)3/h13-16,18H,6-12H2,1-5H3. The Kier molecular flexibility index (Phi) is 4.94. The van der Waals surface area contributed by atoms with Crippen molar-refractivity contribution in [2.24, 2.45) is 11.8 Å². The van der Waals surface area contributed by atoms with E-state index >= 15 is 0 Å². The number of nitrogens with one attached hydrogen (secondary N) is 1. The van der Waals surface area contributed by atoms with E-state index < -0.39 is 0 Å². The Hall–Kier alpha value is -0.0800. The first kappa shape index (κ1) is 15.3. The third-order valence-electron chi connectivity index (χ3n) is 5.31. The van der Waals surface area contributed by atoms with Gasteiger partial charge in [0.1, 0.15) is 0 Å². The lowest BCUT2D eigenvalue weighted by atomic mass is 9.86. The summed E-state index contributed by atoms with van der Waals surface area (Å²) in [6.07, 6.45) is 7.17. The highest BCUT2D eigenvalue weighted by Gasteiger charge is 2.39. The molecule has 0 aromatic heterocycles. The average molecular weight is 266 g/mol. The van der Waals surface area contributed by atoms with Gasteiger partial charge in [0.25, 0.3) is 0 Å². The molecule has 2 fully saturated rings. The van der Waals surface area contributed by atoms with Gasteiger partial charge in [-0.05, 0) is 38.5 Å². The molecule has 0 aromatic carbocycles. The van der Waals surface area contributed by atoms with Crippen LogP contribution in [0.3, 0.4) is 0 Å². The second-order valence-electron chi connectivity index (χ2n) is 7.93. The Morgan fingerprint density at radius 2 is 1.79 bits per heavy atom. The Morgan fingerprint density at radius 1 is 1.11 bits per heavy atom. The largest absolute Gasteiger partial charge is 0.309 e. The summed E-state index contributed by atoms with van der Waals surface area (Å²) in [7, 11) is 0. The molecule has 3 atom stereocenters. The van der Waals surface area contributed by atoms with Crippen LogP contribution in [0, 0.1) is 11.8 Å². The third-order valence-corrected chi connectivity index (χ3v) is 5.31. The van der Waals surface area contributed by atoms with E-state index in [0.29, 0.717) is 0 Å². The second-order valence-corrected chi connectivity index (χ2v) is 7.93. The molecule has 3 unspecified atom stereocenters. The second kappa shape index (κ2) is 6.13. The van der Waals surface area contributed by atoms with Gasteiger partial charge in [-0.15, -0.1) is 0 Å². The molecule has 2 nitrogen and oxygen atoms in total. The number of hydrogen-bond donors (Lipinski definition) is 1. The van der Waals surface area contributed by atoms with Crippen molar-refractivity contribution in [2.45, 2.75) is 84.3 Å². The van der Waals surface area contributed by atoms with Crippen LogP contribution in [0.25, 0.3) is 0 Å². The Labute approximate surface area is 120 Å². The number of rotatable bonds is 2. The van der Waals surface area contributed by atoms with Gasteiger partial charge in [0.2, 0.25) is 0 Å². The van der Waals surface area contributed by atoms with Gasteiger partial charge in [0, 0.05) is 30.7 Å². The summed E-state index contributed by atoms with van der Waals surface area (Å²) in [5.41, 5.74) is 0.275. The van der Waals surface area contributed by atoms with Gasteiger partial charge < -0.3 is 5.32 Å². The molecule has 112 valence electrons. The van der Waals surface area contributed by atoms with E-state index in [1.165, 1.54) is 38.6 Å². The van der Waals surface area contributed by atoms with E-state index in [4.69, 9.17) is 0 Å². The molecule has 2 heteroatoms. The van der Waals surface area contributed by atoms with Crippen molar-refractivity contribution >= 4 is 0 Å². The van der Waals surface area contributed by atoms with Crippen molar-refractivity contribution in [2.75, 3.05) is 13.1 Å². The zero-order chi connectivity index (χ0) is 14.0. The van der Waals surface area contributed by atoms with Crippen molar-refractivity contribution in [1.82, 2.24) is 10.2 Å². The fraction of sp³-hybridized carbons (Fsp3) is 1.00. The summed E-state index contributed by atoms with van der Waals surface area (Å²) in [4.78, 5) is 2.87. The predicted molar refractivity (Wildman–Crippen MR) is 83.5 cm³/mol. The highest BCUT2D eigenvalue weighted by molar-refractivity contribution is 4.97. The Bertz CT molecular complexity index is 285. The maximum atomic E-state index is 3.75. The summed E-state index contributed by atoms with van der Waals surface area (Å²) < 4.78 is 0. The topological polar surface area (TPSA) is 15.3 Å². The van der Waals surface area contributed by atoms with Gasteiger partial charge in [-0.3, -0.25) is 4.90 Å². The SMILES string of the molecule is CC(C)C1CNC(C)(C)CN1C1CCCCCC1C. The Morgan fingerprint density at radius 3 is 2.47 bits per heavy atom. The predicted octanol–water partition coefficient (Wildman–Crippen LogP) is 3.66. The monoisotopic (exact) mass is 266 g/mol. The van der Waals surface area contributed by atoms with Crippen molar-refractivity contribution in [1.29, 1.82) is 0 Å². The zero-order valence-corrected chi connectivity index (χ0v) is 13.7. The molecular formula is C17H34N2. The number of nitrogens with zero attached hydrogens (tertiary/aromatic N) is 1. The van der Waals surface area contributed by atoms with Crippen molar-refractivity contribution in [3.8, 4) is 0 Å². The summed E-state index contributed by atoms with van der Waals surface area (Å²) in [6.45, 7) is 14.4. The third kappa shape index (κ3) is 3.72. The fourth-order valence-corrected chi connectivity index (χ4v) is 4.08. The Balaban J connectivity index is 2.15. The molecular weight excluding hydrogens is 232 g/mol. The normalized spacial score (nSPS) is 37.3. The van der Waals surface area contributed by atoms with Crippen LogP contribution >= 0.6 is 0 Å². The summed E-state index contributed by atoms with van der Waals surface area (Å²) in [6, 6.07) is 1.54. The van der Waals surface area contributed by atoms with E-state index in [0.717, 1.165) is 30.5 Å². The van der Waals surface area contributed by atoms with Crippen LogP contribution in [0.1, 0.15) is 66.7 Å². The van der Waals surface area contributed by atoms with Gasteiger partial charge in [-0.2, -0.15) is 0 Å². The zero-order valence-electron chi connectivity index (χ0n) is 13.7. The maximum Gasteiger partial charge on any atom is 0.0253 e. The first-order valence-electron chi connectivity index (χ1n) is 8.41. The van der Waals surface area contributed by atoms with Gasteiger partial charge in [0.05, 0.1) is 0 Å². The molecule has 1 aliphatic carbocycles. The maximum absolute atomic E-state index is 3.75. The van der Waals surface area contributed by atoms with E-state index in [9.17, 15) is 0 Å². The molecule has 0 spiro atoms. The highest BCUT2D eigenvalue weighted by Crippen LogP contribution is 2.32. The van der Waals surface area contributed by atoms with Crippen LogP contribution in [0.15, 0.2) is 0 Å². The number of hydrogen-bond acceptors (Lipinski definition) is 2. The molecule has 2 aliphatic rings. The van der Waals surface area contributed by atoms with Crippen LogP contribution in [0.5, 0.6) is 0 Å². The molecule has 2 rings (SSSR count). The lowest BCUT2D eigenvalue weighted by Gasteiger charge is -2.51. The van der Waals surface area contributed by atoms with E-state index in [1.807, 2.05) is 0 Å².